The summed E-state index contributed by atoms with van der Waals surface area (Å²) in [5.41, 5.74) is 0. The summed E-state index contributed by atoms with van der Waals surface area (Å²) in [5, 5.41) is 16.3. The summed E-state index contributed by atoms with van der Waals surface area (Å²) in [6, 6.07) is -0.430. The lowest BCUT2D eigenvalue weighted by Crippen LogP contribution is -2.64. The first-order chi connectivity index (χ1) is 15.7. The molecule has 0 aliphatic carbocycles. The Balaban J connectivity index is 2.17. The fourth-order valence-electron chi connectivity index (χ4n) is 3.74. The fourth-order valence-corrected chi connectivity index (χ4v) is 3.74. The van der Waals surface area contributed by atoms with E-state index in [1.54, 1.807) is 13.8 Å². The normalized spacial score (nSPS) is 31.2. The van der Waals surface area contributed by atoms with Crippen molar-refractivity contribution in [2.75, 3.05) is 33.6 Å². The number of ether oxygens (including phenoxy) is 6. The van der Waals surface area contributed by atoms with Crippen LogP contribution in [0.5, 0.6) is 0 Å². The molecule has 192 valence electrons. The van der Waals surface area contributed by atoms with Gasteiger partial charge in [0, 0.05) is 19.6 Å². The minimum absolute atomic E-state index is 0.114. The molecule has 2 amide bonds. The third-order valence-electron chi connectivity index (χ3n) is 5.59. The van der Waals surface area contributed by atoms with Gasteiger partial charge in [0.25, 0.3) is 5.79 Å². The Morgan fingerprint density at radius 1 is 1.12 bits per heavy atom. The molecule has 0 aromatic heterocycles. The molecule has 2 saturated heterocycles. The van der Waals surface area contributed by atoms with Crippen LogP contribution < -0.4 is 10.6 Å². The van der Waals surface area contributed by atoms with Gasteiger partial charge in [0.15, 0.2) is 5.79 Å². The number of rotatable bonds is 12. The minimum Gasteiger partial charge on any atom is -0.465 e. The lowest BCUT2D eigenvalue weighted by molar-refractivity contribution is -0.330. The molecule has 0 spiro atoms. The highest BCUT2D eigenvalue weighted by Gasteiger charge is 2.57. The van der Waals surface area contributed by atoms with Gasteiger partial charge in [-0.1, -0.05) is 26.7 Å². The SMILES string of the molecule is CCCCNC(=O)NCO[C@]1(C(=O)OC)C[C@@H](OCCCC)[C@@H](O)C([C@H]2COC(C)(C)O2)O1. The van der Waals surface area contributed by atoms with Crippen molar-refractivity contribution in [2.24, 2.45) is 0 Å². The number of nitrogens with one attached hydrogen (secondary N) is 2. The quantitative estimate of drug-likeness (QED) is 0.217. The number of aliphatic hydroxyl groups excluding tert-OH is 1. The third kappa shape index (κ3) is 7.76. The van der Waals surface area contributed by atoms with E-state index in [1.807, 2.05) is 13.8 Å². The molecule has 33 heavy (non-hydrogen) atoms. The molecule has 5 atom stereocenters. The Kier molecular flexibility index (Phi) is 10.8. The van der Waals surface area contributed by atoms with Gasteiger partial charge in [-0.2, -0.15) is 0 Å². The summed E-state index contributed by atoms with van der Waals surface area (Å²) in [6.45, 7) is 8.32. The summed E-state index contributed by atoms with van der Waals surface area (Å²) in [7, 11) is 1.22. The first-order valence-electron chi connectivity index (χ1n) is 11.7. The van der Waals surface area contributed by atoms with E-state index in [-0.39, 0.29) is 19.8 Å². The average molecular weight is 477 g/mol. The molecule has 11 heteroatoms. The van der Waals surface area contributed by atoms with Crippen molar-refractivity contribution < 1.29 is 43.1 Å². The first-order valence-corrected chi connectivity index (χ1v) is 11.7. The van der Waals surface area contributed by atoms with Gasteiger partial charge in [0.1, 0.15) is 25.0 Å². The van der Waals surface area contributed by atoms with Crippen LogP contribution in [0.25, 0.3) is 0 Å². The molecule has 0 aromatic carbocycles. The highest BCUT2D eigenvalue weighted by molar-refractivity contribution is 5.78. The molecule has 0 saturated carbocycles. The van der Waals surface area contributed by atoms with Crippen LogP contribution in [-0.4, -0.2) is 86.7 Å². The molecule has 2 heterocycles. The zero-order chi connectivity index (χ0) is 24.5. The molecular formula is C22H40N2O9. The van der Waals surface area contributed by atoms with Crippen LogP contribution in [0.3, 0.4) is 0 Å². The van der Waals surface area contributed by atoms with Gasteiger partial charge >= 0.3 is 12.0 Å². The van der Waals surface area contributed by atoms with Crippen molar-refractivity contribution in [3.63, 3.8) is 0 Å². The van der Waals surface area contributed by atoms with Crippen LogP contribution in [0.1, 0.15) is 59.8 Å². The van der Waals surface area contributed by atoms with Crippen LogP contribution in [0.15, 0.2) is 0 Å². The zero-order valence-electron chi connectivity index (χ0n) is 20.4. The maximum Gasteiger partial charge on any atom is 0.366 e. The first kappa shape index (κ1) is 27.7. The number of carbonyl (C=O) groups excluding carboxylic acids is 2. The summed E-state index contributed by atoms with van der Waals surface area (Å²) >= 11 is 0. The van der Waals surface area contributed by atoms with Gasteiger partial charge in [-0.25, -0.2) is 9.59 Å². The molecule has 2 rings (SSSR count). The van der Waals surface area contributed by atoms with Crippen LogP contribution in [0, 0.1) is 0 Å². The summed E-state index contributed by atoms with van der Waals surface area (Å²) < 4.78 is 34.2. The third-order valence-corrected chi connectivity index (χ3v) is 5.59. The molecule has 2 fully saturated rings. The van der Waals surface area contributed by atoms with Crippen LogP contribution in [0.2, 0.25) is 0 Å². The van der Waals surface area contributed by atoms with Gasteiger partial charge in [-0.05, 0) is 26.7 Å². The van der Waals surface area contributed by atoms with Gasteiger partial charge in [-0.3, -0.25) is 0 Å². The van der Waals surface area contributed by atoms with Crippen molar-refractivity contribution >= 4 is 12.0 Å². The molecule has 0 aromatic rings. The summed E-state index contributed by atoms with van der Waals surface area (Å²) in [4.78, 5) is 24.8. The number of methoxy groups -OCH3 is 1. The summed E-state index contributed by atoms with van der Waals surface area (Å²) in [6.07, 6.45) is -0.131. The van der Waals surface area contributed by atoms with Crippen LogP contribution in [-0.2, 0) is 33.2 Å². The van der Waals surface area contributed by atoms with Gasteiger partial charge in [0.05, 0.1) is 19.8 Å². The van der Waals surface area contributed by atoms with Crippen molar-refractivity contribution in [1.82, 2.24) is 10.6 Å². The lowest BCUT2D eigenvalue weighted by Gasteiger charge is -2.45. The fraction of sp³-hybridized carbons (Fsp3) is 0.909. The smallest absolute Gasteiger partial charge is 0.366 e. The molecule has 1 unspecified atom stereocenters. The molecule has 0 bridgehead atoms. The van der Waals surface area contributed by atoms with Crippen molar-refractivity contribution in [3.05, 3.63) is 0 Å². The topological polar surface area (TPSA) is 134 Å². The highest BCUT2D eigenvalue weighted by Crippen LogP contribution is 2.38. The monoisotopic (exact) mass is 476 g/mol. The second-order valence-electron chi connectivity index (χ2n) is 8.73. The number of hydrogen-bond donors (Lipinski definition) is 3. The molecular weight excluding hydrogens is 436 g/mol. The highest BCUT2D eigenvalue weighted by atomic mass is 16.8. The number of esters is 1. The Morgan fingerprint density at radius 3 is 2.45 bits per heavy atom. The van der Waals surface area contributed by atoms with Gasteiger partial charge in [-0.15, -0.1) is 0 Å². The largest absolute Gasteiger partial charge is 0.465 e. The Labute approximate surface area is 195 Å². The van der Waals surface area contributed by atoms with E-state index >= 15 is 0 Å². The predicted octanol–water partition coefficient (Wildman–Crippen LogP) is 1.42. The second kappa shape index (κ2) is 12.8. The molecule has 3 N–H and O–H groups in total. The minimum atomic E-state index is -1.90. The van der Waals surface area contributed by atoms with E-state index in [2.05, 4.69) is 10.6 Å². The second-order valence-corrected chi connectivity index (χ2v) is 8.73. The number of amides is 2. The zero-order valence-corrected chi connectivity index (χ0v) is 20.4. The van der Waals surface area contributed by atoms with E-state index in [0.717, 1.165) is 25.7 Å². The standard InChI is InChI=1S/C22H40N2O9/c1-6-8-10-23-20(27)24-14-31-22(19(26)28-5)12-15(29-11-9-7-2)17(25)18(33-22)16-13-30-21(3,4)32-16/h15-18,25H,6-14H2,1-5H3,(H2,23,24,27)/t15-,16-,17-,18?,22-/m1/s1. The van der Waals surface area contributed by atoms with Crippen molar-refractivity contribution in [3.8, 4) is 0 Å². The average Bonchev–Trinajstić information content (AvgIpc) is 3.14. The van der Waals surface area contributed by atoms with E-state index in [9.17, 15) is 14.7 Å². The Morgan fingerprint density at radius 2 is 1.85 bits per heavy atom. The Hall–Kier alpha value is -1.50. The number of hydrogen-bond acceptors (Lipinski definition) is 9. The van der Waals surface area contributed by atoms with Gasteiger partial charge in [0.2, 0.25) is 0 Å². The van der Waals surface area contributed by atoms with E-state index < -0.39 is 48.0 Å². The maximum atomic E-state index is 12.8. The van der Waals surface area contributed by atoms with Gasteiger partial charge < -0.3 is 44.2 Å². The van der Waals surface area contributed by atoms with Crippen LogP contribution >= 0.6 is 0 Å². The van der Waals surface area contributed by atoms with Crippen LogP contribution in [0.4, 0.5) is 4.79 Å². The number of carbonyl (C=O) groups is 2. The van der Waals surface area contributed by atoms with E-state index in [1.165, 1.54) is 7.11 Å². The van der Waals surface area contributed by atoms with Crippen molar-refractivity contribution in [1.29, 1.82) is 0 Å². The van der Waals surface area contributed by atoms with E-state index in [4.69, 9.17) is 28.4 Å². The number of urea groups is 1. The molecule has 0 radical (unpaired) electrons. The number of unbranched alkanes of at least 4 members (excludes halogenated alkanes) is 2. The molecule has 2 aliphatic heterocycles. The molecule has 11 nitrogen and oxygen atoms in total. The lowest BCUT2D eigenvalue weighted by atomic mass is 9.92. The van der Waals surface area contributed by atoms with Crippen molar-refractivity contribution in [2.45, 2.75) is 95.8 Å². The number of aliphatic hydroxyl groups is 1. The Bertz CT molecular complexity index is 633. The maximum absolute atomic E-state index is 12.8. The predicted molar refractivity (Wildman–Crippen MR) is 117 cm³/mol. The summed E-state index contributed by atoms with van der Waals surface area (Å²) in [5.74, 6) is -3.56. The molecule has 2 aliphatic rings. The van der Waals surface area contributed by atoms with E-state index in [0.29, 0.717) is 13.2 Å².